The summed E-state index contributed by atoms with van der Waals surface area (Å²) in [5, 5.41) is 8.53. The number of carbonyl (C=O) groups is 1. The van der Waals surface area contributed by atoms with Gasteiger partial charge in [-0.05, 0) is 54.7 Å². The molecule has 0 spiro atoms. The molecule has 9 heteroatoms. The summed E-state index contributed by atoms with van der Waals surface area (Å²) in [4.78, 5) is 10.6. The van der Waals surface area contributed by atoms with Crippen molar-refractivity contribution in [3.63, 3.8) is 0 Å². The molecule has 0 radical (unpaired) electrons. The largest absolute Gasteiger partial charge is 0.482 e. The van der Waals surface area contributed by atoms with Gasteiger partial charge in [0.25, 0.3) is 0 Å². The lowest BCUT2D eigenvalue weighted by atomic mass is 9.87. The Balaban J connectivity index is 1.88. The molecule has 0 aliphatic heterocycles. The molecule has 27 heavy (non-hydrogen) atoms. The second kappa shape index (κ2) is 7.84. The van der Waals surface area contributed by atoms with Crippen LogP contribution >= 0.6 is 11.6 Å². The summed E-state index contributed by atoms with van der Waals surface area (Å²) in [6.07, 6.45) is 1.94. The Hall–Kier alpha value is -2.16. The second-order valence-electron chi connectivity index (χ2n) is 6.15. The summed E-state index contributed by atoms with van der Waals surface area (Å²) in [5.41, 5.74) is 1.52. The first-order valence-electron chi connectivity index (χ1n) is 8.21. The fourth-order valence-electron chi connectivity index (χ4n) is 3.11. The van der Waals surface area contributed by atoms with Crippen molar-refractivity contribution in [2.75, 3.05) is 6.61 Å². The highest BCUT2D eigenvalue weighted by atomic mass is 35.5. The Morgan fingerprint density at radius 1 is 1.33 bits per heavy atom. The SMILES string of the molecule is O=C(O)COc1cccc2c1CCC[C@H]2NS(=O)(=O)c1ccc(F)c(Cl)c1. The maximum Gasteiger partial charge on any atom is 0.341 e. The van der Waals surface area contributed by atoms with E-state index < -0.39 is 34.5 Å². The maximum absolute atomic E-state index is 13.3. The van der Waals surface area contributed by atoms with E-state index in [9.17, 15) is 17.6 Å². The minimum absolute atomic E-state index is 0.126. The van der Waals surface area contributed by atoms with Crippen molar-refractivity contribution in [3.8, 4) is 5.75 Å². The Morgan fingerprint density at radius 3 is 2.81 bits per heavy atom. The number of benzene rings is 2. The van der Waals surface area contributed by atoms with Crippen LogP contribution in [0.4, 0.5) is 4.39 Å². The van der Waals surface area contributed by atoms with Crippen LogP contribution in [0.1, 0.15) is 30.0 Å². The van der Waals surface area contributed by atoms with Crippen LogP contribution in [0.15, 0.2) is 41.3 Å². The number of halogens is 2. The standard InChI is InChI=1S/C18H17ClFNO5S/c19-14-9-11(7-8-15(14)20)27(24,25)21-16-5-1-4-13-12(16)3-2-6-17(13)26-10-18(22)23/h2-3,6-9,16,21H,1,4-5,10H2,(H,22,23)/t16-/m1/s1. The average Bonchev–Trinajstić information content (AvgIpc) is 2.62. The maximum atomic E-state index is 13.3. The van der Waals surface area contributed by atoms with Gasteiger partial charge in [0.15, 0.2) is 6.61 Å². The summed E-state index contributed by atoms with van der Waals surface area (Å²) in [6.45, 7) is -0.471. The molecule has 0 heterocycles. The number of aliphatic carboxylic acids is 1. The molecular weight excluding hydrogens is 397 g/mol. The van der Waals surface area contributed by atoms with Gasteiger partial charge >= 0.3 is 5.97 Å². The van der Waals surface area contributed by atoms with E-state index in [0.29, 0.717) is 25.0 Å². The Morgan fingerprint density at radius 2 is 2.11 bits per heavy atom. The summed E-state index contributed by atoms with van der Waals surface area (Å²) >= 11 is 5.69. The van der Waals surface area contributed by atoms with Gasteiger partial charge in [-0.1, -0.05) is 23.7 Å². The van der Waals surface area contributed by atoms with Crippen molar-refractivity contribution in [1.29, 1.82) is 0 Å². The quantitative estimate of drug-likeness (QED) is 0.758. The molecule has 1 aliphatic rings. The molecule has 1 atom stereocenters. The summed E-state index contributed by atoms with van der Waals surface area (Å²) in [5.74, 6) is -1.35. The zero-order valence-electron chi connectivity index (χ0n) is 14.1. The van der Waals surface area contributed by atoms with Gasteiger partial charge < -0.3 is 9.84 Å². The predicted molar refractivity (Wildman–Crippen MR) is 97.0 cm³/mol. The highest BCUT2D eigenvalue weighted by molar-refractivity contribution is 7.89. The number of carboxylic acid groups (broad SMARTS) is 1. The molecule has 0 bridgehead atoms. The second-order valence-corrected chi connectivity index (χ2v) is 8.27. The summed E-state index contributed by atoms with van der Waals surface area (Å²) in [7, 11) is -3.92. The summed E-state index contributed by atoms with van der Waals surface area (Å²) < 4.78 is 46.6. The Kier molecular flexibility index (Phi) is 5.69. The predicted octanol–water partition coefficient (Wildman–Crippen LogP) is 3.30. The fraction of sp³-hybridized carbons (Fsp3) is 0.278. The minimum Gasteiger partial charge on any atom is -0.482 e. The van der Waals surface area contributed by atoms with E-state index in [1.807, 2.05) is 0 Å². The first-order chi connectivity index (χ1) is 12.8. The summed E-state index contributed by atoms with van der Waals surface area (Å²) in [6, 6.07) is 7.86. The third-order valence-corrected chi connectivity index (χ3v) is 6.07. The normalized spacial score (nSPS) is 16.6. The number of hydrogen-bond acceptors (Lipinski definition) is 4. The lowest BCUT2D eigenvalue weighted by Gasteiger charge is -2.27. The van der Waals surface area contributed by atoms with Crippen LogP contribution in [-0.2, 0) is 21.2 Å². The van der Waals surface area contributed by atoms with Crippen LogP contribution in [0.25, 0.3) is 0 Å². The molecule has 0 aromatic heterocycles. The van der Waals surface area contributed by atoms with Crippen LogP contribution in [0.2, 0.25) is 5.02 Å². The van der Waals surface area contributed by atoms with Crippen LogP contribution < -0.4 is 9.46 Å². The van der Waals surface area contributed by atoms with E-state index in [-0.39, 0.29) is 9.92 Å². The van der Waals surface area contributed by atoms with Gasteiger partial charge in [0.2, 0.25) is 10.0 Å². The Labute approximate surface area is 161 Å². The molecule has 0 unspecified atom stereocenters. The van der Waals surface area contributed by atoms with Gasteiger partial charge in [-0.2, -0.15) is 0 Å². The molecule has 0 amide bonds. The molecule has 2 aromatic carbocycles. The molecule has 2 N–H and O–H groups in total. The zero-order valence-corrected chi connectivity index (χ0v) is 15.7. The third kappa shape index (κ3) is 4.40. The van der Waals surface area contributed by atoms with Crippen LogP contribution in [0, 0.1) is 5.82 Å². The van der Waals surface area contributed by atoms with E-state index in [1.165, 1.54) is 0 Å². The number of rotatable bonds is 6. The van der Waals surface area contributed by atoms with Crippen molar-refractivity contribution >= 4 is 27.6 Å². The van der Waals surface area contributed by atoms with Gasteiger partial charge in [-0.3, -0.25) is 0 Å². The van der Waals surface area contributed by atoms with Crippen LogP contribution in [0.5, 0.6) is 5.75 Å². The zero-order chi connectivity index (χ0) is 19.6. The molecule has 6 nitrogen and oxygen atoms in total. The first-order valence-corrected chi connectivity index (χ1v) is 10.1. The molecule has 3 rings (SSSR count). The highest BCUT2D eigenvalue weighted by Crippen LogP contribution is 2.36. The molecule has 144 valence electrons. The smallest absolute Gasteiger partial charge is 0.341 e. The average molecular weight is 414 g/mol. The topological polar surface area (TPSA) is 92.7 Å². The molecule has 1 aliphatic carbocycles. The van der Waals surface area contributed by atoms with Crippen molar-refractivity contribution in [2.45, 2.75) is 30.2 Å². The molecule has 0 saturated heterocycles. The molecule has 0 saturated carbocycles. The van der Waals surface area contributed by atoms with Gasteiger partial charge in [-0.25, -0.2) is 22.3 Å². The number of hydrogen-bond donors (Lipinski definition) is 2. The molecular formula is C18H17ClFNO5S. The third-order valence-electron chi connectivity index (χ3n) is 4.31. The van der Waals surface area contributed by atoms with Crippen molar-refractivity contribution < 1.29 is 27.4 Å². The highest BCUT2D eigenvalue weighted by Gasteiger charge is 2.28. The lowest BCUT2D eigenvalue weighted by Crippen LogP contribution is -2.31. The number of ether oxygens (including phenoxy) is 1. The number of sulfonamides is 1. The minimum atomic E-state index is -3.92. The van der Waals surface area contributed by atoms with Crippen LogP contribution in [-0.4, -0.2) is 26.1 Å². The van der Waals surface area contributed by atoms with Gasteiger partial charge in [0.05, 0.1) is 9.92 Å². The van der Waals surface area contributed by atoms with E-state index >= 15 is 0 Å². The van der Waals surface area contributed by atoms with E-state index in [0.717, 1.165) is 29.3 Å². The number of fused-ring (bicyclic) bond motifs is 1. The monoisotopic (exact) mass is 413 g/mol. The van der Waals surface area contributed by atoms with Gasteiger partial charge in [0.1, 0.15) is 11.6 Å². The number of carboxylic acids is 1. The van der Waals surface area contributed by atoms with E-state index in [4.69, 9.17) is 21.4 Å². The Bertz CT molecular complexity index is 980. The van der Waals surface area contributed by atoms with Crippen molar-refractivity contribution in [3.05, 3.63) is 58.4 Å². The van der Waals surface area contributed by atoms with Gasteiger partial charge in [0, 0.05) is 6.04 Å². The van der Waals surface area contributed by atoms with E-state index in [1.54, 1.807) is 18.2 Å². The number of nitrogens with one attached hydrogen (secondary N) is 1. The lowest BCUT2D eigenvalue weighted by molar-refractivity contribution is -0.139. The molecule has 0 fully saturated rings. The first kappa shape index (κ1) is 19.6. The van der Waals surface area contributed by atoms with Gasteiger partial charge in [-0.15, -0.1) is 0 Å². The van der Waals surface area contributed by atoms with Crippen molar-refractivity contribution in [1.82, 2.24) is 4.72 Å². The fourth-order valence-corrected chi connectivity index (χ4v) is 4.63. The van der Waals surface area contributed by atoms with E-state index in [2.05, 4.69) is 4.72 Å². The molecule has 2 aromatic rings. The van der Waals surface area contributed by atoms with Crippen molar-refractivity contribution in [2.24, 2.45) is 0 Å². The van der Waals surface area contributed by atoms with Crippen LogP contribution in [0.3, 0.4) is 0 Å².